The Morgan fingerprint density at radius 2 is 2.21 bits per heavy atom. The fraction of sp³-hybridized carbons (Fsp3) is 0.364. The second kappa shape index (κ2) is 2.99. The van der Waals surface area contributed by atoms with E-state index in [2.05, 4.69) is 0 Å². The Morgan fingerprint density at radius 1 is 1.57 bits per heavy atom. The molecule has 0 aliphatic heterocycles. The first kappa shape index (κ1) is 9.53. The van der Waals surface area contributed by atoms with Gasteiger partial charge >= 0.3 is 5.97 Å². The van der Waals surface area contributed by atoms with Crippen LogP contribution in [-0.2, 0) is 11.2 Å². The first-order chi connectivity index (χ1) is 6.55. The van der Waals surface area contributed by atoms with Crippen molar-refractivity contribution < 1.29 is 9.90 Å². The number of hydrogen-bond acceptors (Lipinski definition) is 1. The Bertz CT molecular complexity index is 389. The molecule has 74 valence electrons. The highest BCUT2D eigenvalue weighted by Crippen LogP contribution is 2.49. The largest absolute Gasteiger partial charge is 0.481 e. The maximum Gasteiger partial charge on any atom is 0.311 e. The average Bonchev–Trinajstić information content (AvgIpc) is 2.42. The normalized spacial score (nSPS) is 30.0. The smallest absolute Gasteiger partial charge is 0.311 e. The quantitative estimate of drug-likeness (QED) is 0.724. The van der Waals surface area contributed by atoms with Crippen molar-refractivity contribution >= 4 is 17.6 Å². The van der Waals surface area contributed by atoms with Gasteiger partial charge in [0.15, 0.2) is 0 Å². The van der Waals surface area contributed by atoms with E-state index in [9.17, 15) is 4.79 Å². The van der Waals surface area contributed by atoms with E-state index >= 15 is 0 Å². The van der Waals surface area contributed by atoms with Crippen LogP contribution in [0.5, 0.6) is 0 Å². The molecule has 0 aromatic heterocycles. The molecule has 1 aromatic carbocycles. The van der Waals surface area contributed by atoms with Gasteiger partial charge in [-0.2, -0.15) is 0 Å². The molecular weight excluding hydrogens is 200 g/mol. The third-order valence-corrected chi connectivity index (χ3v) is 3.65. The van der Waals surface area contributed by atoms with Gasteiger partial charge in [-0.3, -0.25) is 4.79 Å². The summed E-state index contributed by atoms with van der Waals surface area (Å²) in [6.45, 7) is 1.70. The molecule has 1 aliphatic carbocycles. The molecule has 0 heterocycles. The number of aliphatic carboxylic acids is 1. The summed E-state index contributed by atoms with van der Waals surface area (Å²) in [5.74, 6) is -0.825. The van der Waals surface area contributed by atoms with Crippen LogP contribution in [0, 0.1) is 5.41 Å². The minimum absolute atomic E-state index is 0.420. The van der Waals surface area contributed by atoms with E-state index in [4.69, 9.17) is 16.7 Å². The highest BCUT2D eigenvalue weighted by Gasteiger charge is 2.47. The number of halogens is 1. The Balaban J connectivity index is 2.48. The second-order valence-corrected chi connectivity index (χ2v) is 4.40. The van der Waals surface area contributed by atoms with Gasteiger partial charge in [-0.1, -0.05) is 24.3 Å². The van der Waals surface area contributed by atoms with Gasteiger partial charge in [0.25, 0.3) is 0 Å². The molecule has 0 bridgehead atoms. The molecule has 0 fully saturated rings. The Kier molecular flexibility index (Phi) is 2.04. The van der Waals surface area contributed by atoms with Crippen molar-refractivity contribution in [3.63, 3.8) is 0 Å². The van der Waals surface area contributed by atoms with Crippen LogP contribution in [0.2, 0.25) is 0 Å². The highest BCUT2D eigenvalue weighted by molar-refractivity contribution is 6.23. The van der Waals surface area contributed by atoms with Crippen LogP contribution < -0.4 is 0 Å². The Morgan fingerprint density at radius 3 is 2.79 bits per heavy atom. The van der Waals surface area contributed by atoms with Crippen molar-refractivity contribution in [2.75, 3.05) is 0 Å². The first-order valence-corrected chi connectivity index (χ1v) is 4.94. The molecule has 2 rings (SSSR count). The zero-order valence-corrected chi connectivity index (χ0v) is 8.58. The Labute approximate surface area is 87.5 Å². The van der Waals surface area contributed by atoms with Gasteiger partial charge in [-0.05, 0) is 24.5 Å². The van der Waals surface area contributed by atoms with Crippen LogP contribution in [-0.4, -0.2) is 11.1 Å². The summed E-state index contributed by atoms with van der Waals surface area (Å²) in [5, 5.41) is 8.71. The van der Waals surface area contributed by atoms with Crippen LogP contribution in [0.15, 0.2) is 24.3 Å². The summed E-state index contributed by atoms with van der Waals surface area (Å²) in [7, 11) is 0. The minimum Gasteiger partial charge on any atom is -0.481 e. The van der Waals surface area contributed by atoms with Crippen molar-refractivity contribution in [1.29, 1.82) is 0 Å². The highest BCUT2D eigenvalue weighted by atomic mass is 35.5. The molecule has 0 radical (unpaired) electrons. The molecule has 0 amide bonds. The van der Waals surface area contributed by atoms with Crippen molar-refractivity contribution in [3.8, 4) is 0 Å². The first-order valence-electron chi connectivity index (χ1n) is 4.51. The fourth-order valence-corrected chi connectivity index (χ4v) is 2.34. The van der Waals surface area contributed by atoms with Crippen LogP contribution >= 0.6 is 11.6 Å². The summed E-state index contributed by atoms with van der Waals surface area (Å²) >= 11 is 6.16. The molecule has 1 aromatic rings. The monoisotopic (exact) mass is 210 g/mol. The number of benzene rings is 1. The molecule has 14 heavy (non-hydrogen) atoms. The third-order valence-electron chi connectivity index (χ3n) is 2.93. The lowest BCUT2D eigenvalue weighted by molar-refractivity contribution is -0.147. The van der Waals surface area contributed by atoms with Crippen LogP contribution in [0.4, 0.5) is 0 Å². The van der Waals surface area contributed by atoms with Gasteiger partial charge in [0.05, 0.1) is 10.8 Å². The average molecular weight is 211 g/mol. The topological polar surface area (TPSA) is 37.3 Å². The molecule has 0 spiro atoms. The van der Waals surface area contributed by atoms with Crippen LogP contribution in [0.3, 0.4) is 0 Å². The lowest BCUT2D eigenvalue weighted by atomic mass is 9.87. The second-order valence-electron chi connectivity index (χ2n) is 3.96. The van der Waals surface area contributed by atoms with E-state index in [1.807, 2.05) is 24.3 Å². The van der Waals surface area contributed by atoms with E-state index < -0.39 is 16.8 Å². The standard InChI is InChI=1S/C11H11ClO2/c1-11(10(13)14)6-7-4-2-3-5-8(7)9(11)12/h2-5,9H,6H2,1H3,(H,13,14). The summed E-state index contributed by atoms with van der Waals surface area (Å²) in [6, 6.07) is 7.65. The van der Waals surface area contributed by atoms with Gasteiger partial charge < -0.3 is 5.11 Å². The van der Waals surface area contributed by atoms with Crippen molar-refractivity contribution in [1.82, 2.24) is 0 Å². The van der Waals surface area contributed by atoms with Gasteiger partial charge in [0.2, 0.25) is 0 Å². The summed E-state index contributed by atoms with van der Waals surface area (Å²) < 4.78 is 0. The number of rotatable bonds is 1. The molecule has 2 nitrogen and oxygen atoms in total. The lowest BCUT2D eigenvalue weighted by Gasteiger charge is -2.21. The van der Waals surface area contributed by atoms with Crippen LogP contribution in [0.1, 0.15) is 23.4 Å². The number of hydrogen-bond donors (Lipinski definition) is 1. The van der Waals surface area contributed by atoms with Gasteiger partial charge in [0.1, 0.15) is 0 Å². The van der Waals surface area contributed by atoms with E-state index in [-0.39, 0.29) is 0 Å². The molecule has 0 saturated heterocycles. The third kappa shape index (κ3) is 1.14. The minimum atomic E-state index is -0.856. The van der Waals surface area contributed by atoms with E-state index in [1.165, 1.54) is 0 Å². The fourth-order valence-electron chi connectivity index (χ4n) is 1.95. The zero-order chi connectivity index (χ0) is 10.3. The number of carboxylic acid groups (broad SMARTS) is 1. The SMILES string of the molecule is CC1(C(=O)O)Cc2ccccc2C1Cl. The van der Waals surface area contributed by atoms with Gasteiger partial charge in [-0.25, -0.2) is 0 Å². The number of alkyl halides is 1. The number of fused-ring (bicyclic) bond motifs is 1. The van der Waals surface area contributed by atoms with E-state index in [0.29, 0.717) is 6.42 Å². The van der Waals surface area contributed by atoms with Crippen LogP contribution in [0.25, 0.3) is 0 Å². The van der Waals surface area contributed by atoms with Crippen molar-refractivity contribution in [3.05, 3.63) is 35.4 Å². The summed E-state index contributed by atoms with van der Waals surface area (Å²) in [6.07, 6.45) is 0.521. The Hall–Kier alpha value is -1.02. The molecule has 2 unspecified atom stereocenters. The maximum absolute atomic E-state index is 11.1. The predicted octanol–water partition coefficient (Wildman–Crippen LogP) is 2.61. The molecule has 3 heteroatoms. The van der Waals surface area contributed by atoms with Gasteiger partial charge in [0, 0.05) is 0 Å². The number of carboxylic acids is 1. The molecule has 2 atom stereocenters. The van der Waals surface area contributed by atoms with Crippen molar-refractivity contribution in [2.45, 2.75) is 18.7 Å². The molecule has 1 N–H and O–H groups in total. The molecule has 1 aliphatic rings. The number of carbonyl (C=O) groups is 1. The van der Waals surface area contributed by atoms with Crippen molar-refractivity contribution in [2.24, 2.45) is 5.41 Å². The van der Waals surface area contributed by atoms with E-state index in [1.54, 1.807) is 6.92 Å². The predicted molar refractivity (Wildman–Crippen MR) is 54.5 cm³/mol. The van der Waals surface area contributed by atoms with Gasteiger partial charge in [-0.15, -0.1) is 11.6 Å². The summed E-state index contributed by atoms with van der Waals surface area (Å²) in [5.41, 5.74) is 1.15. The molecular formula is C11H11ClO2. The summed E-state index contributed by atoms with van der Waals surface area (Å²) in [4.78, 5) is 11.1. The lowest BCUT2D eigenvalue weighted by Crippen LogP contribution is -2.29. The maximum atomic E-state index is 11.1. The molecule has 0 saturated carbocycles. The zero-order valence-electron chi connectivity index (χ0n) is 7.83. The van der Waals surface area contributed by atoms with E-state index in [0.717, 1.165) is 11.1 Å².